The first-order chi connectivity index (χ1) is 11.7. The van der Waals surface area contributed by atoms with Crippen LogP contribution in [0.5, 0.6) is 0 Å². The van der Waals surface area contributed by atoms with Gasteiger partial charge in [0.25, 0.3) is 0 Å². The van der Waals surface area contributed by atoms with Gasteiger partial charge in [-0.15, -0.1) is 0 Å². The number of hydrogen-bond acceptors (Lipinski definition) is 0. The molecular weight excluding hydrogens is 288 g/mol. The normalized spacial score (nSPS) is 10.5. The Labute approximate surface area is 144 Å². The highest BCUT2D eigenvalue weighted by Gasteiger charge is 1.93. The summed E-state index contributed by atoms with van der Waals surface area (Å²) in [5, 5.41) is 5.34. The van der Waals surface area contributed by atoms with Crippen LogP contribution in [0, 0.1) is 13.8 Å². The molecule has 0 saturated heterocycles. The molecule has 0 amide bonds. The third kappa shape index (κ3) is 3.83. The average molecular weight is 312 g/mol. The highest BCUT2D eigenvalue weighted by Crippen LogP contribution is 2.17. The largest absolute Gasteiger partial charge is 0.0616 e. The van der Waals surface area contributed by atoms with Crippen LogP contribution in [0.1, 0.15) is 23.6 Å². The average Bonchev–Trinajstić information content (AvgIpc) is 2.62. The molecular formula is C24H24. The molecule has 0 atom stereocenters. The van der Waals surface area contributed by atoms with E-state index in [0.29, 0.717) is 0 Å². The lowest BCUT2D eigenvalue weighted by Gasteiger charge is -1.99. The minimum absolute atomic E-state index is 1.12. The predicted octanol–water partition coefficient (Wildman–Crippen LogP) is 6.86. The van der Waals surface area contributed by atoms with Gasteiger partial charge < -0.3 is 0 Å². The molecule has 0 saturated carbocycles. The van der Waals surface area contributed by atoms with Crippen LogP contribution in [0.2, 0.25) is 0 Å². The van der Waals surface area contributed by atoms with E-state index >= 15 is 0 Å². The molecule has 4 aromatic rings. The Hall–Kier alpha value is -2.60. The van der Waals surface area contributed by atoms with Crippen LogP contribution in [0.4, 0.5) is 0 Å². The van der Waals surface area contributed by atoms with Crippen molar-refractivity contribution < 1.29 is 0 Å². The molecule has 0 fully saturated rings. The Morgan fingerprint density at radius 1 is 0.542 bits per heavy atom. The van der Waals surface area contributed by atoms with Gasteiger partial charge in [0.05, 0.1) is 0 Å². The van der Waals surface area contributed by atoms with Gasteiger partial charge in [-0.3, -0.25) is 0 Å². The maximum Gasteiger partial charge on any atom is -0.0181 e. The molecule has 4 aromatic carbocycles. The summed E-state index contributed by atoms with van der Waals surface area (Å²) in [5.41, 5.74) is 4.06. The van der Waals surface area contributed by atoms with Crippen molar-refractivity contribution in [3.05, 3.63) is 95.6 Å². The van der Waals surface area contributed by atoms with Gasteiger partial charge in [0.15, 0.2) is 0 Å². The molecule has 0 spiro atoms. The van der Waals surface area contributed by atoms with E-state index in [4.69, 9.17) is 0 Å². The molecule has 120 valence electrons. The maximum absolute atomic E-state index is 2.26. The Kier molecular flexibility index (Phi) is 4.96. The number of hydrogen-bond donors (Lipinski definition) is 0. The topological polar surface area (TPSA) is 0 Å². The highest BCUT2D eigenvalue weighted by atomic mass is 14.0. The van der Waals surface area contributed by atoms with E-state index in [1.54, 1.807) is 0 Å². The number of fused-ring (bicyclic) bond motifs is 2. The second-order valence-corrected chi connectivity index (χ2v) is 6.39. The first kappa shape index (κ1) is 16.3. The molecule has 0 heteroatoms. The Bertz CT molecular complexity index is 922. The van der Waals surface area contributed by atoms with Crippen molar-refractivity contribution in [2.75, 3.05) is 0 Å². The van der Waals surface area contributed by atoms with Gasteiger partial charge in [0.1, 0.15) is 0 Å². The summed E-state index contributed by atoms with van der Waals surface area (Å²) in [7, 11) is 0. The molecule has 0 bridgehead atoms. The van der Waals surface area contributed by atoms with Crippen LogP contribution in [-0.2, 0) is 6.42 Å². The standard InChI is InChI=1S/2C12H12/c1-9-3-5-12-8-10(2)4-6-11(12)7-9;1-2-10-7-8-11-5-3-4-6-12(11)9-10/h3-8H,1-2H3;3-9H,2H2,1H3. The summed E-state index contributed by atoms with van der Waals surface area (Å²) in [6.45, 7) is 6.43. The van der Waals surface area contributed by atoms with Gasteiger partial charge in [0.2, 0.25) is 0 Å². The summed E-state index contributed by atoms with van der Waals surface area (Å²) in [6, 6.07) is 28.2. The Morgan fingerprint density at radius 2 is 1.04 bits per heavy atom. The zero-order chi connectivity index (χ0) is 16.9. The summed E-state index contributed by atoms with van der Waals surface area (Å²) in [5.74, 6) is 0. The number of aryl methyl sites for hydroxylation is 3. The lowest BCUT2D eigenvalue weighted by molar-refractivity contribution is 1.15. The van der Waals surface area contributed by atoms with Crippen molar-refractivity contribution in [1.82, 2.24) is 0 Å². The van der Waals surface area contributed by atoms with E-state index in [2.05, 4.69) is 99.6 Å². The molecule has 0 nitrogen and oxygen atoms in total. The van der Waals surface area contributed by atoms with Crippen LogP contribution >= 0.6 is 0 Å². The summed E-state index contributed by atoms with van der Waals surface area (Å²) in [4.78, 5) is 0. The van der Waals surface area contributed by atoms with Crippen LogP contribution in [0.3, 0.4) is 0 Å². The zero-order valence-corrected chi connectivity index (χ0v) is 14.7. The van der Waals surface area contributed by atoms with Gasteiger partial charge in [-0.25, -0.2) is 0 Å². The van der Waals surface area contributed by atoms with E-state index < -0.39 is 0 Å². The van der Waals surface area contributed by atoms with Gasteiger partial charge in [-0.1, -0.05) is 96.9 Å². The fourth-order valence-corrected chi connectivity index (χ4v) is 2.94. The molecule has 0 unspecified atom stereocenters. The van der Waals surface area contributed by atoms with E-state index in [9.17, 15) is 0 Å². The van der Waals surface area contributed by atoms with Gasteiger partial charge in [-0.2, -0.15) is 0 Å². The Morgan fingerprint density at radius 3 is 1.62 bits per heavy atom. The van der Waals surface area contributed by atoms with Crippen LogP contribution in [-0.4, -0.2) is 0 Å². The fraction of sp³-hybridized carbons (Fsp3) is 0.167. The van der Waals surface area contributed by atoms with E-state index in [-0.39, 0.29) is 0 Å². The predicted molar refractivity (Wildman–Crippen MR) is 107 cm³/mol. The molecule has 0 aromatic heterocycles. The zero-order valence-electron chi connectivity index (χ0n) is 14.7. The van der Waals surface area contributed by atoms with Crippen molar-refractivity contribution in [2.24, 2.45) is 0 Å². The lowest BCUT2D eigenvalue weighted by atomic mass is 10.1. The smallest absolute Gasteiger partial charge is 0.0181 e. The molecule has 24 heavy (non-hydrogen) atoms. The van der Waals surface area contributed by atoms with E-state index in [1.165, 1.54) is 38.2 Å². The summed E-state index contributed by atoms with van der Waals surface area (Å²) >= 11 is 0. The lowest BCUT2D eigenvalue weighted by Crippen LogP contribution is -1.79. The second-order valence-electron chi connectivity index (χ2n) is 6.39. The van der Waals surface area contributed by atoms with Gasteiger partial charge in [0, 0.05) is 0 Å². The highest BCUT2D eigenvalue weighted by molar-refractivity contribution is 5.84. The number of benzene rings is 4. The van der Waals surface area contributed by atoms with Crippen molar-refractivity contribution >= 4 is 21.5 Å². The molecule has 0 N–H and O–H groups in total. The third-order valence-corrected chi connectivity index (χ3v) is 4.37. The Balaban J connectivity index is 0.000000141. The molecule has 4 rings (SSSR count). The van der Waals surface area contributed by atoms with Crippen molar-refractivity contribution in [3.63, 3.8) is 0 Å². The van der Waals surface area contributed by atoms with Crippen molar-refractivity contribution in [1.29, 1.82) is 0 Å². The molecule has 0 aliphatic rings. The SMILES string of the molecule is CCc1ccc2ccccc2c1.Cc1ccc2cc(C)ccc2c1. The minimum atomic E-state index is 1.12. The maximum atomic E-state index is 2.26. The fourth-order valence-electron chi connectivity index (χ4n) is 2.94. The van der Waals surface area contributed by atoms with Crippen LogP contribution in [0.25, 0.3) is 21.5 Å². The first-order valence-corrected chi connectivity index (χ1v) is 8.60. The quantitative estimate of drug-likeness (QED) is 0.360. The molecule has 0 aliphatic heterocycles. The summed E-state index contributed by atoms with van der Waals surface area (Å²) in [6.07, 6.45) is 1.12. The monoisotopic (exact) mass is 312 g/mol. The molecule has 0 radical (unpaired) electrons. The molecule has 0 heterocycles. The molecule has 0 aliphatic carbocycles. The van der Waals surface area contributed by atoms with E-state index in [1.807, 2.05) is 0 Å². The van der Waals surface area contributed by atoms with E-state index in [0.717, 1.165) is 6.42 Å². The second kappa shape index (κ2) is 7.31. The third-order valence-electron chi connectivity index (χ3n) is 4.37. The first-order valence-electron chi connectivity index (χ1n) is 8.60. The van der Waals surface area contributed by atoms with Crippen molar-refractivity contribution in [2.45, 2.75) is 27.2 Å². The number of rotatable bonds is 1. The van der Waals surface area contributed by atoms with Crippen molar-refractivity contribution in [3.8, 4) is 0 Å². The minimum Gasteiger partial charge on any atom is -0.0616 e. The van der Waals surface area contributed by atoms with Gasteiger partial charge in [-0.05, 0) is 47.4 Å². The van der Waals surface area contributed by atoms with Crippen LogP contribution < -0.4 is 0 Å². The van der Waals surface area contributed by atoms with Gasteiger partial charge >= 0.3 is 0 Å². The van der Waals surface area contributed by atoms with Crippen LogP contribution in [0.15, 0.2) is 78.9 Å². The summed E-state index contributed by atoms with van der Waals surface area (Å²) < 4.78 is 0.